The third-order valence-electron chi connectivity index (χ3n) is 7.14. The number of amides is 1. The highest BCUT2D eigenvalue weighted by molar-refractivity contribution is 5.86. The van der Waals surface area contributed by atoms with E-state index in [9.17, 15) is 9.18 Å². The van der Waals surface area contributed by atoms with Gasteiger partial charge in [0.05, 0.1) is 18.1 Å². The van der Waals surface area contributed by atoms with Gasteiger partial charge in [0.25, 0.3) is 0 Å². The number of anilines is 1. The van der Waals surface area contributed by atoms with E-state index in [4.69, 9.17) is 0 Å². The van der Waals surface area contributed by atoms with Gasteiger partial charge in [0.1, 0.15) is 18.0 Å². The lowest BCUT2D eigenvalue weighted by Gasteiger charge is -2.38. The third kappa shape index (κ3) is 4.89. The number of fused-ring (bicyclic) bond motifs is 1. The second-order valence-corrected chi connectivity index (χ2v) is 9.41. The van der Waals surface area contributed by atoms with E-state index in [2.05, 4.69) is 24.9 Å². The molecular formula is C25H32FN7O. The number of benzene rings is 1. The zero-order valence-corrected chi connectivity index (χ0v) is 19.7. The summed E-state index contributed by atoms with van der Waals surface area (Å²) >= 11 is 0. The minimum absolute atomic E-state index is 0.168. The Morgan fingerprint density at radius 3 is 2.53 bits per heavy atom. The first-order valence-corrected chi connectivity index (χ1v) is 12.2. The average Bonchev–Trinajstić information content (AvgIpc) is 3.25. The van der Waals surface area contributed by atoms with Gasteiger partial charge in [-0.2, -0.15) is 5.10 Å². The van der Waals surface area contributed by atoms with Crippen molar-refractivity contribution >= 4 is 22.8 Å². The lowest BCUT2D eigenvalue weighted by Crippen LogP contribution is -2.51. The summed E-state index contributed by atoms with van der Waals surface area (Å²) in [7, 11) is 1.88. The Bertz CT molecular complexity index is 1120. The summed E-state index contributed by atoms with van der Waals surface area (Å²) in [6.07, 6.45) is 9.08. The molecule has 1 saturated carbocycles. The fourth-order valence-corrected chi connectivity index (χ4v) is 5.20. The first-order chi connectivity index (χ1) is 16.6. The minimum atomic E-state index is -0.246. The van der Waals surface area contributed by atoms with Crippen LogP contribution in [0.2, 0.25) is 0 Å². The molecule has 0 spiro atoms. The van der Waals surface area contributed by atoms with Crippen molar-refractivity contribution in [1.82, 2.24) is 29.5 Å². The normalized spacial score (nSPS) is 17.9. The van der Waals surface area contributed by atoms with Gasteiger partial charge in [-0.15, -0.1) is 0 Å². The average molecular weight is 466 g/mol. The molecule has 2 aromatic heterocycles. The van der Waals surface area contributed by atoms with Gasteiger partial charge >= 0.3 is 0 Å². The summed E-state index contributed by atoms with van der Waals surface area (Å²) in [4.78, 5) is 28.9. The molecule has 5 rings (SSSR count). The first kappa shape index (κ1) is 22.7. The summed E-state index contributed by atoms with van der Waals surface area (Å²) in [5.74, 6) is 0.829. The van der Waals surface area contributed by atoms with E-state index < -0.39 is 0 Å². The molecule has 1 aliphatic heterocycles. The molecule has 0 radical (unpaired) electrons. The Hall–Kier alpha value is -3.07. The Morgan fingerprint density at radius 1 is 1.06 bits per heavy atom. The Labute approximate surface area is 199 Å². The maximum Gasteiger partial charge on any atom is 0.237 e. The minimum Gasteiger partial charge on any atom is -0.353 e. The third-order valence-corrected chi connectivity index (χ3v) is 7.14. The smallest absolute Gasteiger partial charge is 0.237 e. The zero-order valence-electron chi connectivity index (χ0n) is 19.7. The summed E-state index contributed by atoms with van der Waals surface area (Å²) in [5, 5.41) is 5.27. The number of rotatable bonds is 6. The number of piperazine rings is 1. The van der Waals surface area contributed by atoms with Gasteiger partial charge in [0, 0.05) is 45.8 Å². The predicted molar refractivity (Wildman–Crippen MR) is 129 cm³/mol. The monoisotopic (exact) mass is 465 g/mol. The van der Waals surface area contributed by atoms with Crippen molar-refractivity contribution in [3.05, 3.63) is 48.2 Å². The molecule has 0 N–H and O–H groups in total. The van der Waals surface area contributed by atoms with Gasteiger partial charge < -0.3 is 9.80 Å². The number of carbonyl (C=O) groups is 1. The van der Waals surface area contributed by atoms with Crippen molar-refractivity contribution in [3.63, 3.8) is 0 Å². The lowest BCUT2D eigenvalue weighted by atomic mass is 9.93. The van der Waals surface area contributed by atoms with Crippen molar-refractivity contribution in [1.29, 1.82) is 0 Å². The van der Waals surface area contributed by atoms with E-state index in [1.165, 1.54) is 18.6 Å². The van der Waals surface area contributed by atoms with Gasteiger partial charge in [-0.25, -0.2) is 14.4 Å². The molecule has 2 fully saturated rings. The van der Waals surface area contributed by atoms with Crippen molar-refractivity contribution in [2.45, 2.75) is 44.7 Å². The zero-order chi connectivity index (χ0) is 23.5. The van der Waals surface area contributed by atoms with Crippen LogP contribution in [0.3, 0.4) is 0 Å². The highest BCUT2D eigenvalue weighted by Crippen LogP contribution is 2.26. The molecule has 8 nitrogen and oxygen atoms in total. The Morgan fingerprint density at radius 2 is 1.79 bits per heavy atom. The fraction of sp³-hybridized carbons (Fsp3) is 0.520. The number of aromatic nitrogens is 4. The molecule has 1 aliphatic carbocycles. The highest BCUT2D eigenvalue weighted by atomic mass is 19.1. The van der Waals surface area contributed by atoms with Crippen LogP contribution in [0.25, 0.3) is 11.0 Å². The molecule has 0 atom stereocenters. The van der Waals surface area contributed by atoms with Crippen molar-refractivity contribution in [3.8, 4) is 0 Å². The van der Waals surface area contributed by atoms with E-state index in [1.807, 2.05) is 18.1 Å². The Balaban J connectivity index is 1.23. The fourth-order valence-electron chi connectivity index (χ4n) is 5.20. The summed E-state index contributed by atoms with van der Waals surface area (Å²) in [6.45, 7) is 4.16. The van der Waals surface area contributed by atoms with Gasteiger partial charge in [0.2, 0.25) is 5.91 Å². The van der Waals surface area contributed by atoms with Crippen LogP contribution in [0.4, 0.5) is 10.2 Å². The predicted octanol–water partition coefficient (Wildman–Crippen LogP) is 2.99. The van der Waals surface area contributed by atoms with Gasteiger partial charge in [-0.3, -0.25) is 14.4 Å². The molecule has 180 valence electrons. The molecule has 2 aliphatic rings. The standard InChI is InChI=1S/C25H32FN7O/c1-30-24-22(15-29-30)25(28-18-27-24)32-13-11-31(12-14-32)17-23(34)33(21-5-3-2-4-6-21)16-19-7-9-20(26)10-8-19/h7-10,15,18,21H,2-6,11-14,16-17H2,1H3. The van der Waals surface area contributed by atoms with Crippen LogP contribution in [-0.4, -0.2) is 74.2 Å². The van der Waals surface area contributed by atoms with Gasteiger partial charge in [0.15, 0.2) is 5.65 Å². The maximum atomic E-state index is 13.5. The van der Waals surface area contributed by atoms with Gasteiger partial charge in [-0.05, 0) is 30.5 Å². The molecule has 0 unspecified atom stereocenters. The molecule has 3 heterocycles. The van der Waals surface area contributed by atoms with Crippen molar-refractivity contribution in [2.75, 3.05) is 37.6 Å². The van der Waals surface area contributed by atoms with E-state index in [0.29, 0.717) is 13.1 Å². The molecule has 34 heavy (non-hydrogen) atoms. The molecule has 3 aromatic rings. The number of carbonyl (C=O) groups excluding carboxylic acids is 1. The highest BCUT2D eigenvalue weighted by Gasteiger charge is 2.28. The van der Waals surface area contributed by atoms with Crippen LogP contribution in [0.5, 0.6) is 0 Å². The number of halogens is 1. The van der Waals surface area contributed by atoms with Crippen LogP contribution < -0.4 is 4.90 Å². The molecule has 1 saturated heterocycles. The summed E-state index contributed by atoms with van der Waals surface area (Å²) < 4.78 is 15.1. The van der Waals surface area contributed by atoms with Crippen LogP contribution in [0.1, 0.15) is 37.7 Å². The SMILES string of the molecule is Cn1ncc2c(N3CCN(CC(=O)N(Cc4ccc(F)cc4)C4CCCCC4)CC3)ncnc21. The van der Waals surface area contributed by atoms with Crippen LogP contribution in [-0.2, 0) is 18.4 Å². The van der Waals surface area contributed by atoms with E-state index in [1.54, 1.807) is 23.1 Å². The number of aryl methyl sites for hydroxylation is 1. The van der Waals surface area contributed by atoms with Crippen molar-refractivity contribution < 1.29 is 9.18 Å². The summed E-state index contributed by atoms with van der Waals surface area (Å²) in [6, 6.07) is 6.80. The molecule has 1 aromatic carbocycles. The van der Waals surface area contributed by atoms with Gasteiger partial charge in [-0.1, -0.05) is 31.4 Å². The van der Waals surface area contributed by atoms with Crippen LogP contribution in [0, 0.1) is 5.82 Å². The number of hydrogen-bond acceptors (Lipinski definition) is 6. The molecule has 1 amide bonds. The Kier molecular flexibility index (Phi) is 6.71. The topological polar surface area (TPSA) is 70.4 Å². The van der Waals surface area contributed by atoms with Crippen molar-refractivity contribution in [2.24, 2.45) is 7.05 Å². The maximum absolute atomic E-state index is 13.5. The van der Waals surface area contributed by atoms with Crippen LogP contribution in [0.15, 0.2) is 36.8 Å². The second kappa shape index (κ2) is 10.0. The largest absolute Gasteiger partial charge is 0.353 e. The number of nitrogens with zero attached hydrogens (tertiary/aromatic N) is 7. The summed E-state index contributed by atoms with van der Waals surface area (Å²) in [5.41, 5.74) is 1.81. The molecular weight excluding hydrogens is 433 g/mol. The van der Waals surface area contributed by atoms with Crippen LogP contribution >= 0.6 is 0 Å². The van der Waals surface area contributed by atoms with E-state index >= 15 is 0 Å². The molecule has 9 heteroatoms. The first-order valence-electron chi connectivity index (χ1n) is 12.2. The second-order valence-electron chi connectivity index (χ2n) is 9.41. The van der Waals surface area contributed by atoms with E-state index in [-0.39, 0.29) is 17.8 Å². The number of hydrogen-bond donors (Lipinski definition) is 0. The quantitative estimate of drug-likeness (QED) is 0.558. The molecule has 0 bridgehead atoms. The van der Waals surface area contributed by atoms with E-state index in [0.717, 1.165) is 74.3 Å². The lowest BCUT2D eigenvalue weighted by molar-refractivity contribution is -0.136.